The minimum atomic E-state index is -0.281. The summed E-state index contributed by atoms with van der Waals surface area (Å²) in [5.74, 6) is 0. The van der Waals surface area contributed by atoms with Crippen LogP contribution in [0.2, 0.25) is 0 Å². The Morgan fingerprint density at radius 3 is 2.48 bits per heavy atom. The SMILES string of the molecule is CCCCC1(C)NC(Cl)=C(Cl)N1Cc1ccc(-c2ccccc2C#N)cc1. The molecule has 5 heteroatoms. The zero-order valence-corrected chi connectivity index (χ0v) is 17.1. The molecule has 1 atom stereocenters. The van der Waals surface area contributed by atoms with Crippen LogP contribution in [-0.2, 0) is 6.54 Å². The molecular formula is C22H23Cl2N3. The molecule has 2 aromatic carbocycles. The Morgan fingerprint density at radius 2 is 1.81 bits per heavy atom. The molecule has 27 heavy (non-hydrogen) atoms. The number of rotatable bonds is 6. The highest BCUT2D eigenvalue weighted by Crippen LogP contribution is 2.37. The predicted octanol–water partition coefficient (Wildman–Crippen LogP) is 6.14. The van der Waals surface area contributed by atoms with Gasteiger partial charge in [-0.25, -0.2) is 0 Å². The van der Waals surface area contributed by atoms with Crippen LogP contribution in [0, 0.1) is 11.3 Å². The number of nitrogens with one attached hydrogen (secondary N) is 1. The Kier molecular flexibility index (Phi) is 5.99. The van der Waals surface area contributed by atoms with E-state index in [1.54, 1.807) is 0 Å². The summed E-state index contributed by atoms with van der Waals surface area (Å²) in [6, 6.07) is 18.2. The summed E-state index contributed by atoms with van der Waals surface area (Å²) >= 11 is 12.8. The maximum Gasteiger partial charge on any atom is 0.142 e. The van der Waals surface area contributed by atoms with Crippen LogP contribution in [0.15, 0.2) is 58.8 Å². The van der Waals surface area contributed by atoms with Crippen LogP contribution in [0.5, 0.6) is 0 Å². The van der Waals surface area contributed by atoms with Crippen LogP contribution in [0.1, 0.15) is 44.2 Å². The highest BCUT2D eigenvalue weighted by atomic mass is 35.5. The van der Waals surface area contributed by atoms with E-state index in [0.29, 0.717) is 22.4 Å². The van der Waals surface area contributed by atoms with E-state index in [1.165, 1.54) is 0 Å². The number of nitrogens with zero attached hydrogens (tertiary/aromatic N) is 2. The van der Waals surface area contributed by atoms with Crippen LogP contribution >= 0.6 is 23.2 Å². The normalized spacial score (nSPS) is 19.1. The van der Waals surface area contributed by atoms with Gasteiger partial charge in [-0.05, 0) is 42.5 Å². The van der Waals surface area contributed by atoms with Crippen molar-refractivity contribution in [1.29, 1.82) is 5.26 Å². The second-order valence-electron chi connectivity index (χ2n) is 7.05. The number of hydrogen-bond acceptors (Lipinski definition) is 3. The Labute approximate surface area is 171 Å². The summed E-state index contributed by atoms with van der Waals surface area (Å²) in [4.78, 5) is 2.13. The quantitative estimate of drug-likeness (QED) is 0.592. The summed E-state index contributed by atoms with van der Waals surface area (Å²) in [6.45, 7) is 4.98. The summed E-state index contributed by atoms with van der Waals surface area (Å²) in [5, 5.41) is 13.7. The first-order valence-electron chi connectivity index (χ1n) is 9.18. The van der Waals surface area contributed by atoms with Gasteiger partial charge in [0.1, 0.15) is 16.0 Å². The maximum absolute atomic E-state index is 9.31. The largest absolute Gasteiger partial charge is 0.351 e. The van der Waals surface area contributed by atoms with Crippen molar-refractivity contribution in [1.82, 2.24) is 10.2 Å². The number of nitriles is 1. The molecule has 0 radical (unpaired) electrons. The number of benzene rings is 2. The molecule has 3 rings (SSSR count). The maximum atomic E-state index is 9.31. The lowest BCUT2D eigenvalue weighted by Gasteiger charge is -2.37. The second-order valence-corrected chi connectivity index (χ2v) is 7.78. The molecule has 1 N–H and O–H groups in total. The van der Waals surface area contributed by atoms with Crippen molar-refractivity contribution >= 4 is 23.2 Å². The van der Waals surface area contributed by atoms with Gasteiger partial charge in [0.05, 0.1) is 11.6 Å². The lowest BCUT2D eigenvalue weighted by Crippen LogP contribution is -2.49. The van der Waals surface area contributed by atoms with E-state index in [2.05, 4.69) is 54.4 Å². The van der Waals surface area contributed by atoms with E-state index < -0.39 is 0 Å². The minimum Gasteiger partial charge on any atom is -0.351 e. The van der Waals surface area contributed by atoms with Crippen molar-refractivity contribution in [3.05, 3.63) is 70.0 Å². The third-order valence-corrected chi connectivity index (χ3v) is 5.83. The molecule has 0 saturated heterocycles. The lowest BCUT2D eigenvalue weighted by atomic mass is 9.98. The number of halogens is 2. The van der Waals surface area contributed by atoms with Gasteiger partial charge in [-0.15, -0.1) is 0 Å². The molecular weight excluding hydrogens is 377 g/mol. The second kappa shape index (κ2) is 8.25. The minimum absolute atomic E-state index is 0.281. The molecule has 0 amide bonds. The van der Waals surface area contributed by atoms with Crippen molar-refractivity contribution < 1.29 is 0 Å². The molecule has 140 valence electrons. The molecule has 1 aliphatic heterocycles. The average molecular weight is 400 g/mol. The number of hydrogen-bond donors (Lipinski definition) is 1. The van der Waals surface area contributed by atoms with Crippen LogP contribution in [0.25, 0.3) is 11.1 Å². The van der Waals surface area contributed by atoms with E-state index in [9.17, 15) is 5.26 Å². The van der Waals surface area contributed by atoms with Gasteiger partial charge in [0, 0.05) is 6.54 Å². The molecule has 0 aliphatic carbocycles. The smallest absolute Gasteiger partial charge is 0.142 e. The average Bonchev–Trinajstić information content (AvgIpc) is 2.90. The van der Waals surface area contributed by atoms with Crippen LogP contribution in [0.3, 0.4) is 0 Å². The number of unbranched alkanes of at least 4 members (excludes halogenated alkanes) is 1. The third-order valence-electron chi connectivity index (χ3n) is 5.06. The van der Waals surface area contributed by atoms with Crippen LogP contribution in [0.4, 0.5) is 0 Å². The van der Waals surface area contributed by atoms with Gasteiger partial charge in [0.15, 0.2) is 0 Å². The zero-order chi connectivity index (χ0) is 19.4. The Balaban J connectivity index is 1.82. The highest BCUT2D eigenvalue weighted by molar-refractivity contribution is 6.39. The molecule has 0 bridgehead atoms. The molecule has 1 aliphatic rings. The topological polar surface area (TPSA) is 39.1 Å². The first kappa shape index (κ1) is 19.6. The van der Waals surface area contributed by atoms with Crippen molar-refractivity contribution in [3.8, 4) is 17.2 Å². The summed E-state index contributed by atoms with van der Waals surface area (Å²) in [5.41, 5.74) is 3.52. The Hall–Kier alpha value is -2.15. The summed E-state index contributed by atoms with van der Waals surface area (Å²) in [7, 11) is 0. The van der Waals surface area contributed by atoms with Crippen LogP contribution in [-0.4, -0.2) is 10.6 Å². The Morgan fingerprint density at radius 1 is 1.11 bits per heavy atom. The molecule has 3 nitrogen and oxygen atoms in total. The van der Waals surface area contributed by atoms with E-state index >= 15 is 0 Å². The van der Waals surface area contributed by atoms with Crippen molar-refractivity contribution in [3.63, 3.8) is 0 Å². The summed E-state index contributed by atoms with van der Waals surface area (Å²) in [6.07, 6.45) is 3.18. The highest BCUT2D eigenvalue weighted by Gasteiger charge is 2.39. The van der Waals surface area contributed by atoms with Gasteiger partial charge < -0.3 is 10.2 Å². The zero-order valence-electron chi connectivity index (χ0n) is 15.6. The predicted molar refractivity (Wildman–Crippen MR) is 112 cm³/mol. The van der Waals surface area contributed by atoms with Gasteiger partial charge in [-0.2, -0.15) is 5.26 Å². The summed E-state index contributed by atoms with van der Waals surface area (Å²) < 4.78 is 0. The van der Waals surface area contributed by atoms with Gasteiger partial charge in [0.2, 0.25) is 0 Å². The van der Waals surface area contributed by atoms with E-state index in [-0.39, 0.29) is 5.66 Å². The van der Waals surface area contributed by atoms with Gasteiger partial charge >= 0.3 is 0 Å². The lowest BCUT2D eigenvalue weighted by molar-refractivity contribution is 0.135. The standard InChI is InChI=1S/C22H23Cl2N3/c1-3-4-13-22(2)26-20(23)21(24)27(22)15-16-9-11-17(12-10-16)19-8-6-5-7-18(19)14-25/h5-12,26H,3-4,13,15H2,1-2H3. The van der Waals surface area contributed by atoms with Gasteiger partial charge in [-0.1, -0.05) is 79.0 Å². The van der Waals surface area contributed by atoms with Crippen molar-refractivity contribution in [2.75, 3.05) is 0 Å². The van der Waals surface area contributed by atoms with Gasteiger partial charge in [0.25, 0.3) is 0 Å². The molecule has 0 aromatic heterocycles. The van der Waals surface area contributed by atoms with E-state index in [4.69, 9.17) is 23.2 Å². The fourth-order valence-corrected chi connectivity index (χ4v) is 4.06. The Bertz CT molecular complexity index is 883. The fraction of sp³-hybridized carbons (Fsp3) is 0.318. The molecule has 0 spiro atoms. The van der Waals surface area contributed by atoms with Gasteiger partial charge in [-0.3, -0.25) is 0 Å². The van der Waals surface area contributed by atoms with E-state index in [1.807, 2.05) is 24.3 Å². The molecule has 2 aromatic rings. The first-order valence-corrected chi connectivity index (χ1v) is 9.93. The van der Waals surface area contributed by atoms with E-state index in [0.717, 1.165) is 36.0 Å². The molecule has 0 fully saturated rings. The molecule has 1 unspecified atom stereocenters. The van der Waals surface area contributed by atoms with Crippen molar-refractivity contribution in [2.24, 2.45) is 0 Å². The van der Waals surface area contributed by atoms with Crippen molar-refractivity contribution in [2.45, 2.75) is 45.3 Å². The molecule has 1 heterocycles. The molecule has 0 saturated carbocycles. The monoisotopic (exact) mass is 399 g/mol. The first-order chi connectivity index (χ1) is 13.0. The fourth-order valence-electron chi connectivity index (χ4n) is 3.46. The van der Waals surface area contributed by atoms with Crippen LogP contribution < -0.4 is 5.32 Å². The third kappa shape index (κ3) is 4.08.